The van der Waals surface area contributed by atoms with Crippen LogP contribution in [0.2, 0.25) is 0 Å². The summed E-state index contributed by atoms with van der Waals surface area (Å²) >= 11 is 1.11. The van der Waals surface area contributed by atoms with Crippen LogP contribution < -0.4 is 5.73 Å². The minimum absolute atomic E-state index is 0.0878. The predicted octanol–water partition coefficient (Wildman–Crippen LogP) is 0.943. The molecule has 1 amide bonds. The van der Waals surface area contributed by atoms with E-state index in [1.165, 1.54) is 0 Å². The molecule has 1 fully saturated rings. The maximum absolute atomic E-state index is 11.3. The van der Waals surface area contributed by atoms with E-state index < -0.39 is 17.4 Å². The van der Waals surface area contributed by atoms with Gasteiger partial charge in [0.1, 0.15) is 5.82 Å². The first-order chi connectivity index (χ1) is 9.31. The van der Waals surface area contributed by atoms with Gasteiger partial charge in [-0.3, -0.25) is 14.2 Å². The van der Waals surface area contributed by atoms with Crippen LogP contribution in [0.15, 0.2) is 5.16 Å². The Kier molecular flexibility index (Phi) is 4.03. The van der Waals surface area contributed by atoms with Crippen LogP contribution in [-0.4, -0.2) is 37.5 Å². The largest absolute Gasteiger partial charge is 0.481 e. The monoisotopic (exact) mass is 298 g/mol. The van der Waals surface area contributed by atoms with E-state index >= 15 is 0 Å². The summed E-state index contributed by atoms with van der Waals surface area (Å²) in [4.78, 5) is 22.0. The Labute approximate surface area is 120 Å². The maximum Gasteiger partial charge on any atom is 0.313 e. The first kappa shape index (κ1) is 14.8. The average Bonchev–Trinajstić information content (AvgIpc) is 3.04. The van der Waals surface area contributed by atoms with E-state index in [1.807, 2.05) is 18.4 Å². The number of carbonyl (C=O) groups is 2. The molecule has 1 aromatic heterocycles. The number of rotatable bonds is 7. The molecular formula is C12H18N4O3S. The van der Waals surface area contributed by atoms with E-state index in [0.29, 0.717) is 11.1 Å². The molecule has 2 rings (SSSR count). The van der Waals surface area contributed by atoms with Gasteiger partial charge in [-0.15, -0.1) is 10.2 Å². The van der Waals surface area contributed by atoms with Crippen LogP contribution in [0.25, 0.3) is 0 Å². The number of carbonyl (C=O) groups excluding carboxylic acids is 1. The zero-order valence-corrected chi connectivity index (χ0v) is 12.3. The third kappa shape index (κ3) is 3.30. The van der Waals surface area contributed by atoms with Gasteiger partial charge < -0.3 is 10.8 Å². The summed E-state index contributed by atoms with van der Waals surface area (Å²) in [6.45, 7) is 3.77. The Hall–Kier alpha value is -1.57. The quantitative estimate of drug-likeness (QED) is 0.725. The van der Waals surface area contributed by atoms with Crippen molar-refractivity contribution in [2.75, 3.05) is 5.75 Å². The number of aromatic nitrogens is 3. The molecule has 7 nitrogen and oxygen atoms in total. The number of nitrogens with two attached hydrogens (primary N) is 1. The highest BCUT2D eigenvalue weighted by Gasteiger charge is 2.36. The highest BCUT2D eigenvalue weighted by molar-refractivity contribution is 7.99. The Balaban J connectivity index is 2.33. The van der Waals surface area contributed by atoms with Crippen LogP contribution in [0.5, 0.6) is 0 Å². The molecule has 0 saturated heterocycles. The molecule has 1 aromatic rings. The Morgan fingerprint density at radius 3 is 2.60 bits per heavy atom. The van der Waals surface area contributed by atoms with Gasteiger partial charge in [0.25, 0.3) is 0 Å². The van der Waals surface area contributed by atoms with Gasteiger partial charge in [-0.2, -0.15) is 0 Å². The van der Waals surface area contributed by atoms with Crippen LogP contribution in [0.3, 0.4) is 0 Å². The van der Waals surface area contributed by atoms with Gasteiger partial charge in [0, 0.05) is 12.3 Å². The summed E-state index contributed by atoms with van der Waals surface area (Å²) in [7, 11) is 0. The number of aliphatic carboxylic acids is 1. The molecule has 0 spiro atoms. The number of hydrogen-bond donors (Lipinski definition) is 2. The number of nitrogens with zero attached hydrogens (tertiary/aromatic N) is 3. The normalized spacial score (nSPS) is 15.3. The smallest absolute Gasteiger partial charge is 0.313 e. The van der Waals surface area contributed by atoms with E-state index in [9.17, 15) is 9.59 Å². The van der Waals surface area contributed by atoms with Crippen molar-refractivity contribution in [1.82, 2.24) is 14.8 Å². The summed E-state index contributed by atoms with van der Waals surface area (Å²) in [5.41, 5.74) is 4.74. The number of thioether (sulfide) groups is 1. The lowest BCUT2D eigenvalue weighted by Crippen LogP contribution is -2.34. The fourth-order valence-corrected chi connectivity index (χ4v) is 3.00. The lowest BCUT2D eigenvalue weighted by molar-refractivity contribution is -0.134. The van der Waals surface area contributed by atoms with Crippen LogP contribution >= 0.6 is 11.8 Å². The first-order valence-corrected chi connectivity index (χ1v) is 7.38. The minimum atomic E-state index is -0.912. The van der Waals surface area contributed by atoms with Crippen molar-refractivity contribution < 1.29 is 14.7 Å². The van der Waals surface area contributed by atoms with Crippen molar-refractivity contribution >= 4 is 23.6 Å². The van der Waals surface area contributed by atoms with Crippen LogP contribution in [-0.2, 0) is 15.1 Å². The van der Waals surface area contributed by atoms with Gasteiger partial charge in [-0.25, -0.2) is 0 Å². The molecule has 1 saturated carbocycles. The number of hydrogen-bond acceptors (Lipinski definition) is 5. The molecule has 110 valence electrons. The standard InChI is InChI=1S/C12H18N4O3S/c1-12(2,5-8(13)17)16-10(7-3-4-7)14-15-11(16)20-6-9(18)19/h7H,3-6H2,1-2H3,(H2,13,17)(H,18,19). The van der Waals surface area contributed by atoms with Crippen LogP contribution in [0, 0.1) is 0 Å². The predicted molar refractivity (Wildman–Crippen MR) is 73.5 cm³/mol. The Morgan fingerprint density at radius 1 is 1.45 bits per heavy atom. The van der Waals surface area contributed by atoms with Gasteiger partial charge in [-0.1, -0.05) is 11.8 Å². The molecule has 1 aliphatic carbocycles. The third-order valence-electron chi connectivity index (χ3n) is 3.14. The highest BCUT2D eigenvalue weighted by atomic mass is 32.2. The van der Waals surface area contributed by atoms with Crippen LogP contribution in [0.4, 0.5) is 0 Å². The van der Waals surface area contributed by atoms with Crippen molar-refractivity contribution in [3.8, 4) is 0 Å². The molecule has 0 radical (unpaired) electrons. The number of amides is 1. The first-order valence-electron chi connectivity index (χ1n) is 6.40. The Bertz CT molecular complexity index is 537. The summed E-state index contributed by atoms with van der Waals surface area (Å²) in [6, 6.07) is 0. The fraction of sp³-hybridized carbons (Fsp3) is 0.667. The van der Waals surface area contributed by atoms with Crippen molar-refractivity contribution in [3.63, 3.8) is 0 Å². The van der Waals surface area contributed by atoms with E-state index in [2.05, 4.69) is 10.2 Å². The maximum atomic E-state index is 11.3. The number of carboxylic acids is 1. The number of carboxylic acid groups (broad SMARTS) is 1. The Morgan fingerprint density at radius 2 is 2.10 bits per heavy atom. The fourth-order valence-electron chi connectivity index (χ4n) is 2.18. The molecular weight excluding hydrogens is 280 g/mol. The van der Waals surface area contributed by atoms with Gasteiger partial charge in [0.15, 0.2) is 5.16 Å². The molecule has 0 unspecified atom stereocenters. The molecule has 1 aliphatic rings. The molecule has 0 aromatic carbocycles. The molecule has 20 heavy (non-hydrogen) atoms. The van der Waals surface area contributed by atoms with Gasteiger partial charge in [0.05, 0.1) is 11.3 Å². The van der Waals surface area contributed by atoms with Gasteiger partial charge in [-0.05, 0) is 26.7 Å². The third-order valence-corrected chi connectivity index (χ3v) is 4.05. The molecule has 0 atom stereocenters. The lowest BCUT2D eigenvalue weighted by Gasteiger charge is -2.28. The second kappa shape index (κ2) is 5.43. The zero-order chi connectivity index (χ0) is 14.9. The van der Waals surface area contributed by atoms with Crippen molar-refractivity contribution in [2.45, 2.75) is 49.7 Å². The zero-order valence-electron chi connectivity index (χ0n) is 11.5. The summed E-state index contributed by atoms with van der Waals surface area (Å²) < 4.78 is 1.88. The molecule has 8 heteroatoms. The highest BCUT2D eigenvalue weighted by Crippen LogP contribution is 2.42. The lowest BCUT2D eigenvalue weighted by atomic mass is 9.99. The van der Waals surface area contributed by atoms with E-state index in [1.54, 1.807) is 0 Å². The number of primary amides is 1. The van der Waals surface area contributed by atoms with Crippen molar-refractivity contribution in [2.24, 2.45) is 5.73 Å². The van der Waals surface area contributed by atoms with E-state index in [-0.39, 0.29) is 12.2 Å². The molecule has 0 aliphatic heterocycles. The summed E-state index contributed by atoms with van der Waals surface area (Å²) in [6.07, 6.45) is 2.26. The summed E-state index contributed by atoms with van der Waals surface area (Å²) in [5.74, 6) is -0.224. The molecule has 0 bridgehead atoms. The average molecular weight is 298 g/mol. The minimum Gasteiger partial charge on any atom is -0.481 e. The molecule has 1 heterocycles. The van der Waals surface area contributed by atoms with Gasteiger partial charge in [0.2, 0.25) is 5.91 Å². The van der Waals surface area contributed by atoms with Crippen molar-refractivity contribution in [3.05, 3.63) is 5.82 Å². The topological polar surface area (TPSA) is 111 Å². The van der Waals surface area contributed by atoms with Crippen molar-refractivity contribution in [1.29, 1.82) is 0 Å². The second-order valence-corrected chi connectivity index (χ2v) is 6.53. The second-order valence-electron chi connectivity index (χ2n) is 5.59. The van der Waals surface area contributed by atoms with Gasteiger partial charge >= 0.3 is 5.97 Å². The SMILES string of the molecule is CC(C)(CC(N)=O)n1c(SCC(=O)O)nnc1C1CC1. The molecule has 3 N–H and O–H groups in total. The summed E-state index contributed by atoms with van der Waals surface area (Å²) in [5, 5.41) is 17.6. The van der Waals surface area contributed by atoms with E-state index in [4.69, 9.17) is 10.8 Å². The van der Waals surface area contributed by atoms with E-state index in [0.717, 1.165) is 30.4 Å². The van der Waals surface area contributed by atoms with Crippen LogP contribution in [0.1, 0.15) is 44.9 Å².